The van der Waals surface area contributed by atoms with Crippen molar-refractivity contribution in [2.45, 2.75) is 32.4 Å². The fourth-order valence-electron chi connectivity index (χ4n) is 2.22. The van der Waals surface area contributed by atoms with Crippen molar-refractivity contribution in [2.75, 3.05) is 20.1 Å². The molecule has 1 atom stereocenters. The monoisotopic (exact) mass is 232 g/mol. The Morgan fingerprint density at radius 2 is 2.00 bits per heavy atom. The van der Waals surface area contributed by atoms with Gasteiger partial charge in [0.05, 0.1) is 0 Å². The maximum atomic E-state index is 3.62. The van der Waals surface area contributed by atoms with Crippen molar-refractivity contribution in [3.05, 3.63) is 35.9 Å². The number of likely N-dealkylation sites (N-methyl/N-ethyl adjacent to an activating group) is 1. The summed E-state index contributed by atoms with van der Waals surface area (Å²) >= 11 is 0. The third kappa shape index (κ3) is 4.49. The minimum absolute atomic E-state index is 0.708. The highest BCUT2D eigenvalue weighted by Gasteiger charge is 2.27. The minimum atomic E-state index is 0.708. The SMILES string of the molecule is CC(NCCN(C)Cc1ccccc1)C1CC1. The molecule has 0 aliphatic heterocycles. The van der Waals surface area contributed by atoms with E-state index in [1.165, 1.54) is 18.4 Å². The average molecular weight is 232 g/mol. The first-order chi connectivity index (χ1) is 8.25. The van der Waals surface area contributed by atoms with E-state index in [2.05, 4.69) is 54.5 Å². The van der Waals surface area contributed by atoms with Crippen LogP contribution >= 0.6 is 0 Å². The molecule has 1 unspecified atom stereocenters. The van der Waals surface area contributed by atoms with E-state index in [4.69, 9.17) is 0 Å². The van der Waals surface area contributed by atoms with E-state index < -0.39 is 0 Å². The Balaban J connectivity index is 1.62. The Labute approximate surface area is 105 Å². The zero-order chi connectivity index (χ0) is 12.1. The highest BCUT2D eigenvalue weighted by atomic mass is 15.1. The van der Waals surface area contributed by atoms with Gasteiger partial charge in [-0.15, -0.1) is 0 Å². The normalized spacial score (nSPS) is 17.4. The van der Waals surface area contributed by atoms with Crippen LogP contribution in [0.2, 0.25) is 0 Å². The summed E-state index contributed by atoms with van der Waals surface area (Å²) in [5.74, 6) is 0.953. The lowest BCUT2D eigenvalue weighted by molar-refractivity contribution is 0.315. The Bertz CT molecular complexity index is 319. The van der Waals surface area contributed by atoms with Crippen LogP contribution in [0.25, 0.3) is 0 Å². The molecule has 2 heteroatoms. The summed E-state index contributed by atoms with van der Waals surface area (Å²) in [6.07, 6.45) is 2.85. The quantitative estimate of drug-likeness (QED) is 0.777. The molecule has 1 aromatic rings. The molecule has 2 nitrogen and oxygen atoms in total. The lowest BCUT2D eigenvalue weighted by Gasteiger charge is -2.19. The van der Waals surface area contributed by atoms with Crippen molar-refractivity contribution in [1.82, 2.24) is 10.2 Å². The van der Waals surface area contributed by atoms with Gasteiger partial charge < -0.3 is 10.2 Å². The summed E-state index contributed by atoms with van der Waals surface area (Å²) in [5.41, 5.74) is 1.39. The predicted octanol–water partition coefficient (Wildman–Crippen LogP) is 2.51. The molecule has 0 saturated heterocycles. The smallest absolute Gasteiger partial charge is 0.0231 e. The van der Waals surface area contributed by atoms with Crippen LogP contribution in [-0.2, 0) is 6.54 Å². The molecule has 1 saturated carbocycles. The third-order valence-electron chi connectivity index (χ3n) is 3.58. The van der Waals surface area contributed by atoms with Crippen LogP contribution < -0.4 is 5.32 Å². The Hall–Kier alpha value is -0.860. The summed E-state index contributed by atoms with van der Waals surface area (Å²) in [6.45, 7) is 5.57. The van der Waals surface area contributed by atoms with Crippen LogP contribution in [0.1, 0.15) is 25.3 Å². The van der Waals surface area contributed by atoms with Crippen molar-refractivity contribution < 1.29 is 0 Å². The summed E-state index contributed by atoms with van der Waals surface area (Å²) < 4.78 is 0. The average Bonchev–Trinajstić information content (AvgIpc) is 3.14. The van der Waals surface area contributed by atoms with Crippen molar-refractivity contribution in [1.29, 1.82) is 0 Å². The lowest BCUT2D eigenvalue weighted by Crippen LogP contribution is -2.35. The molecule has 0 aromatic heterocycles. The summed E-state index contributed by atoms with van der Waals surface area (Å²) in [6, 6.07) is 11.4. The second-order valence-corrected chi connectivity index (χ2v) is 5.30. The molecule has 94 valence electrons. The molecule has 0 spiro atoms. The second-order valence-electron chi connectivity index (χ2n) is 5.30. The topological polar surface area (TPSA) is 15.3 Å². The van der Waals surface area contributed by atoms with Crippen molar-refractivity contribution in [3.63, 3.8) is 0 Å². The molecule has 1 fully saturated rings. The maximum Gasteiger partial charge on any atom is 0.0231 e. The van der Waals surface area contributed by atoms with E-state index in [1.54, 1.807) is 0 Å². The summed E-state index contributed by atoms with van der Waals surface area (Å²) in [7, 11) is 2.19. The Morgan fingerprint density at radius 1 is 1.29 bits per heavy atom. The molecular weight excluding hydrogens is 208 g/mol. The van der Waals surface area contributed by atoms with E-state index in [-0.39, 0.29) is 0 Å². The minimum Gasteiger partial charge on any atom is -0.313 e. The van der Waals surface area contributed by atoms with Gasteiger partial charge in [0.15, 0.2) is 0 Å². The Kier molecular flexibility index (Phi) is 4.57. The fraction of sp³-hybridized carbons (Fsp3) is 0.600. The van der Waals surface area contributed by atoms with Gasteiger partial charge in [0.2, 0.25) is 0 Å². The van der Waals surface area contributed by atoms with Crippen LogP contribution in [0.3, 0.4) is 0 Å². The highest BCUT2D eigenvalue weighted by molar-refractivity contribution is 5.14. The molecule has 1 aromatic carbocycles. The van der Waals surface area contributed by atoms with Crippen LogP contribution in [-0.4, -0.2) is 31.1 Å². The van der Waals surface area contributed by atoms with Crippen molar-refractivity contribution in [2.24, 2.45) is 5.92 Å². The zero-order valence-electron chi connectivity index (χ0n) is 11.0. The maximum absolute atomic E-state index is 3.62. The number of hydrogen-bond acceptors (Lipinski definition) is 2. The molecule has 1 N–H and O–H groups in total. The molecule has 0 amide bonds. The van der Waals surface area contributed by atoms with E-state index in [1.807, 2.05) is 0 Å². The largest absolute Gasteiger partial charge is 0.313 e. The molecule has 1 aliphatic rings. The van der Waals surface area contributed by atoms with Crippen molar-refractivity contribution >= 4 is 0 Å². The summed E-state index contributed by atoms with van der Waals surface area (Å²) in [5, 5.41) is 3.62. The third-order valence-corrected chi connectivity index (χ3v) is 3.58. The van der Waals surface area contributed by atoms with Crippen LogP contribution in [0.15, 0.2) is 30.3 Å². The lowest BCUT2D eigenvalue weighted by atomic mass is 10.2. The first-order valence-corrected chi connectivity index (χ1v) is 6.71. The predicted molar refractivity (Wildman–Crippen MR) is 73.0 cm³/mol. The van der Waals surface area contributed by atoms with Gasteiger partial charge in [0, 0.05) is 25.7 Å². The van der Waals surface area contributed by atoms with Gasteiger partial charge in [-0.25, -0.2) is 0 Å². The molecule has 2 rings (SSSR count). The van der Waals surface area contributed by atoms with Gasteiger partial charge in [-0.3, -0.25) is 0 Å². The second kappa shape index (κ2) is 6.18. The number of benzene rings is 1. The van der Waals surface area contributed by atoms with Crippen LogP contribution in [0.5, 0.6) is 0 Å². The molecular formula is C15H24N2. The fourth-order valence-corrected chi connectivity index (χ4v) is 2.22. The zero-order valence-corrected chi connectivity index (χ0v) is 11.0. The first kappa shape index (κ1) is 12.6. The number of hydrogen-bond donors (Lipinski definition) is 1. The Morgan fingerprint density at radius 3 is 2.65 bits per heavy atom. The molecule has 0 heterocycles. The van der Waals surface area contributed by atoms with Crippen LogP contribution in [0, 0.1) is 5.92 Å². The van der Waals surface area contributed by atoms with E-state index >= 15 is 0 Å². The van der Waals surface area contributed by atoms with Gasteiger partial charge in [-0.05, 0) is 38.3 Å². The van der Waals surface area contributed by atoms with Gasteiger partial charge in [-0.2, -0.15) is 0 Å². The molecule has 17 heavy (non-hydrogen) atoms. The van der Waals surface area contributed by atoms with Crippen molar-refractivity contribution in [3.8, 4) is 0 Å². The number of nitrogens with zero attached hydrogens (tertiary/aromatic N) is 1. The van der Waals surface area contributed by atoms with Gasteiger partial charge in [-0.1, -0.05) is 30.3 Å². The molecule has 0 bridgehead atoms. The van der Waals surface area contributed by atoms with Gasteiger partial charge in [0.25, 0.3) is 0 Å². The van der Waals surface area contributed by atoms with E-state index in [0.29, 0.717) is 6.04 Å². The summed E-state index contributed by atoms with van der Waals surface area (Å²) in [4.78, 5) is 2.38. The molecule has 0 radical (unpaired) electrons. The van der Waals surface area contributed by atoms with Gasteiger partial charge >= 0.3 is 0 Å². The number of rotatable bonds is 7. The highest BCUT2D eigenvalue weighted by Crippen LogP contribution is 2.32. The first-order valence-electron chi connectivity index (χ1n) is 6.71. The molecule has 1 aliphatic carbocycles. The van der Waals surface area contributed by atoms with E-state index in [0.717, 1.165) is 25.6 Å². The van der Waals surface area contributed by atoms with E-state index in [9.17, 15) is 0 Å². The van der Waals surface area contributed by atoms with Gasteiger partial charge in [0.1, 0.15) is 0 Å². The van der Waals surface area contributed by atoms with Crippen LogP contribution in [0.4, 0.5) is 0 Å². The standard InChI is InChI=1S/C15H24N2/c1-13(15-8-9-15)16-10-11-17(2)12-14-6-4-3-5-7-14/h3-7,13,15-16H,8-12H2,1-2H3. The number of nitrogens with one attached hydrogen (secondary N) is 1.